The van der Waals surface area contributed by atoms with Gasteiger partial charge in [0.1, 0.15) is 16.1 Å². The van der Waals surface area contributed by atoms with Crippen LogP contribution in [0.3, 0.4) is 0 Å². The van der Waals surface area contributed by atoms with Crippen LogP contribution in [0.25, 0.3) is 0 Å². The molecule has 0 bridgehead atoms. The van der Waals surface area contributed by atoms with Crippen molar-refractivity contribution in [2.75, 3.05) is 20.3 Å². The van der Waals surface area contributed by atoms with Gasteiger partial charge < -0.3 is 14.1 Å². The molecule has 2 aromatic heterocycles. The van der Waals surface area contributed by atoms with Crippen LogP contribution in [0.1, 0.15) is 16.1 Å². The highest BCUT2D eigenvalue weighted by Crippen LogP contribution is 2.17. The van der Waals surface area contributed by atoms with Gasteiger partial charge in [-0.2, -0.15) is 0 Å². The number of carbonyl (C=O) groups excluding carboxylic acids is 1. The normalized spacial score (nSPS) is 10.6. The van der Waals surface area contributed by atoms with E-state index in [4.69, 9.17) is 32.4 Å². The number of nitrogens with zero attached hydrogens (tertiary/aromatic N) is 2. The highest BCUT2D eigenvalue weighted by molar-refractivity contribution is 6.33. The third-order valence-corrected chi connectivity index (χ3v) is 3.18. The number of hydrogen-bond donors (Lipinski definition) is 0. The van der Waals surface area contributed by atoms with E-state index < -0.39 is 0 Å². The van der Waals surface area contributed by atoms with Gasteiger partial charge in [0.15, 0.2) is 0 Å². The van der Waals surface area contributed by atoms with Crippen LogP contribution in [0.15, 0.2) is 34.9 Å². The van der Waals surface area contributed by atoms with E-state index in [-0.39, 0.29) is 16.2 Å². The lowest BCUT2D eigenvalue weighted by molar-refractivity contribution is 0.0666. The number of ether oxygens (including phenoxy) is 1. The molecule has 0 saturated carbocycles. The number of methoxy groups -OCH3 is 1. The minimum atomic E-state index is -0.213. The fourth-order valence-corrected chi connectivity index (χ4v) is 2.28. The van der Waals surface area contributed by atoms with Crippen molar-refractivity contribution in [2.45, 2.75) is 6.54 Å². The summed E-state index contributed by atoms with van der Waals surface area (Å²) in [5.41, 5.74) is 0.377. The standard InChI is InChI=1S/C14H14Cl2N2O3/c1-20-6-4-18(9-11-3-2-5-21-11)14(19)10-7-12(15)17-13(16)8-10/h2-3,5,7-8H,4,6,9H2,1H3. The number of rotatable bonds is 6. The van der Waals surface area contributed by atoms with Gasteiger partial charge in [0, 0.05) is 19.2 Å². The molecule has 0 atom stereocenters. The minimum Gasteiger partial charge on any atom is -0.467 e. The zero-order valence-corrected chi connectivity index (χ0v) is 12.9. The van der Waals surface area contributed by atoms with Gasteiger partial charge in [-0.25, -0.2) is 4.98 Å². The molecule has 0 radical (unpaired) electrons. The van der Waals surface area contributed by atoms with Crippen molar-refractivity contribution in [1.82, 2.24) is 9.88 Å². The second-order valence-electron chi connectivity index (χ2n) is 4.30. The molecule has 0 fully saturated rings. The highest BCUT2D eigenvalue weighted by Gasteiger charge is 2.18. The lowest BCUT2D eigenvalue weighted by atomic mass is 10.2. The van der Waals surface area contributed by atoms with E-state index >= 15 is 0 Å². The molecular formula is C14H14Cl2N2O3. The maximum Gasteiger partial charge on any atom is 0.254 e. The summed E-state index contributed by atoms with van der Waals surface area (Å²) < 4.78 is 10.3. The van der Waals surface area contributed by atoms with Crippen molar-refractivity contribution in [3.63, 3.8) is 0 Å². The first-order chi connectivity index (χ1) is 10.1. The molecule has 0 aliphatic carbocycles. The number of halogens is 2. The highest BCUT2D eigenvalue weighted by atomic mass is 35.5. The fourth-order valence-electron chi connectivity index (χ4n) is 1.82. The van der Waals surface area contributed by atoms with Crippen molar-refractivity contribution in [3.8, 4) is 0 Å². The largest absolute Gasteiger partial charge is 0.467 e. The number of carbonyl (C=O) groups is 1. The van der Waals surface area contributed by atoms with Crippen LogP contribution in [0, 0.1) is 0 Å². The van der Waals surface area contributed by atoms with Gasteiger partial charge in [0.05, 0.1) is 19.4 Å². The van der Waals surface area contributed by atoms with Crippen molar-refractivity contribution in [1.29, 1.82) is 0 Å². The Morgan fingerprint density at radius 3 is 2.67 bits per heavy atom. The molecule has 2 rings (SSSR count). The zero-order valence-electron chi connectivity index (χ0n) is 11.4. The minimum absolute atomic E-state index is 0.176. The molecule has 21 heavy (non-hydrogen) atoms. The molecule has 7 heteroatoms. The molecule has 0 saturated heterocycles. The monoisotopic (exact) mass is 328 g/mol. The molecule has 0 N–H and O–H groups in total. The van der Waals surface area contributed by atoms with Gasteiger partial charge in [-0.1, -0.05) is 23.2 Å². The first kappa shape index (κ1) is 15.8. The first-order valence-electron chi connectivity index (χ1n) is 6.24. The zero-order chi connectivity index (χ0) is 15.2. The van der Waals surface area contributed by atoms with Crippen LogP contribution in [-0.4, -0.2) is 36.1 Å². The van der Waals surface area contributed by atoms with Crippen LogP contribution < -0.4 is 0 Å². The predicted molar refractivity (Wildman–Crippen MR) is 79.6 cm³/mol. The van der Waals surface area contributed by atoms with Gasteiger partial charge in [-0.3, -0.25) is 4.79 Å². The van der Waals surface area contributed by atoms with Crippen LogP contribution in [-0.2, 0) is 11.3 Å². The topological polar surface area (TPSA) is 55.6 Å². The predicted octanol–water partition coefficient (Wildman–Crippen LogP) is 3.27. The summed E-state index contributed by atoms with van der Waals surface area (Å²) in [7, 11) is 1.58. The smallest absolute Gasteiger partial charge is 0.254 e. The van der Waals surface area contributed by atoms with Crippen LogP contribution >= 0.6 is 23.2 Å². The molecule has 2 heterocycles. The average molecular weight is 329 g/mol. The average Bonchev–Trinajstić information content (AvgIpc) is 2.94. The van der Waals surface area contributed by atoms with E-state index in [1.807, 2.05) is 0 Å². The third kappa shape index (κ3) is 4.46. The fraction of sp³-hybridized carbons (Fsp3) is 0.286. The molecule has 0 aromatic carbocycles. The molecule has 0 spiro atoms. The van der Waals surface area contributed by atoms with Crippen LogP contribution in [0.4, 0.5) is 0 Å². The van der Waals surface area contributed by atoms with Crippen molar-refractivity contribution < 1.29 is 13.9 Å². The summed E-state index contributed by atoms with van der Waals surface area (Å²) in [4.78, 5) is 18.0. The van der Waals surface area contributed by atoms with Gasteiger partial charge in [-0.15, -0.1) is 0 Å². The summed E-state index contributed by atoms with van der Waals surface area (Å²) in [6, 6.07) is 6.55. The summed E-state index contributed by atoms with van der Waals surface area (Å²) in [5.74, 6) is 0.473. The molecule has 1 amide bonds. The Bertz CT molecular complexity index is 582. The molecule has 0 aliphatic heterocycles. The maximum atomic E-state index is 12.6. The Hall–Kier alpha value is -1.56. The Labute approximate surface area is 132 Å². The third-order valence-electron chi connectivity index (χ3n) is 2.79. The van der Waals surface area contributed by atoms with E-state index in [0.29, 0.717) is 31.0 Å². The number of hydrogen-bond acceptors (Lipinski definition) is 4. The molecule has 5 nitrogen and oxygen atoms in total. The number of furan rings is 1. The van der Waals surface area contributed by atoms with E-state index in [9.17, 15) is 4.79 Å². The molecular weight excluding hydrogens is 315 g/mol. The molecule has 0 unspecified atom stereocenters. The number of amides is 1. The summed E-state index contributed by atoms with van der Waals surface area (Å²) in [6.45, 7) is 1.18. The first-order valence-corrected chi connectivity index (χ1v) is 6.99. The van der Waals surface area contributed by atoms with E-state index in [0.717, 1.165) is 0 Å². The Balaban J connectivity index is 2.20. The van der Waals surface area contributed by atoms with E-state index in [1.165, 1.54) is 12.1 Å². The number of pyridine rings is 1. The maximum absolute atomic E-state index is 12.6. The Morgan fingerprint density at radius 2 is 2.10 bits per heavy atom. The van der Waals surface area contributed by atoms with E-state index in [1.54, 1.807) is 30.4 Å². The molecule has 0 aliphatic rings. The second-order valence-corrected chi connectivity index (χ2v) is 5.07. The number of aromatic nitrogens is 1. The Morgan fingerprint density at radius 1 is 1.38 bits per heavy atom. The second kappa shape index (κ2) is 7.45. The Kier molecular flexibility index (Phi) is 5.61. The van der Waals surface area contributed by atoms with Gasteiger partial charge in [0.2, 0.25) is 0 Å². The van der Waals surface area contributed by atoms with Crippen molar-refractivity contribution in [3.05, 3.63) is 52.2 Å². The SMILES string of the molecule is COCCN(Cc1ccco1)C(=O)c1cc(Cl)nc(Cl)c1. The summed E-state index contributed by atoms with van der Waals surface area (Å²) in [6.07, 6.45) is 1.56. The van der Waals surface area contributed by atoms with Crippen molar-refractivity contribution >= 4 is 29.1 Å². The lowest BCUT2D eigenvalue weighted by Crippen LogP contribution is -2.33. The summed E-state index contributed by atoms with van der Waals surface area (Å²) in [5, 5.41) is 0.353. The quantitative estimate of drug-likeness (QED) is 0.763. The van der Waals surface area contributed by atoms with Gasteiger partial charge in [-0.05, 0) is 24.3 Å². The van der Waals surface area contributed by atoms with E-state index in [2.05, 4.69) is 4.98 Å². The van der Waals surface area contributed by atoms with Crippen molar-refractivity contribution in [2.24, 2.45) is 0 Å². The molecule has 112 valence electrons. The lowest BCUT2D eigenvalue weighted by Gasteiger charge is -2.21. The van der Waals surface area contributed by atoms with Gasteiger partial charge >= 0.3 is 0 Å². The van der Waals surface area contributed by atoms with Crippen LogP contribution in [0.5, 0.6) is 0 Å². The van der Waals surface area contributed by atoms with Gasteiger partial charge in [0.25, 0.3) is 5.91 Å². The summed E-state index contributed by atoms with van der Waals surface area (Å²) >= 11 is 11.7. The molecule has 2 aromatic rings. The van der Waals surface area contributed by atoms with Crippen LogP contribution in [0.2, 0.25) is 10.3 Å².